The monoisotopic (exact) mass is 223 g/mol. The van der Waals surface area contributed by atoms with Gasteiger partial charge in [0, 0.05) is 12.1 Å². The lowest BCUT2D eigenvalue weighted by atomic mass is 9.89. The highest BCUT2D eigenvalue weighted by molar-refractivity contribution is 7.88. The van der Waals surface area contributed by atoms with Crippen molar-refractivity contribution in [3.8, 4) is 0 Å². The second-order valence-electron chi connectivity index (χ2n) is 3.14. The maximum Gasteiger partial charge on any atom is 0.421 e. The minimum atomic E-state index is -3.81. The zero-order valence-corrected chi connectivity index (χ0v) is 8.50. The molecule has 1 amide bonds. The summed E-state index contributed by atoms with van der Waals surface area (Å²) in [6, 6.07) is -0.145. The van der Waals surface area contributed by atoms with E-state index in [1.54, 1.807) is 4.72 Å². The van der Waals surface area contributed by atoms with Crippen LogP contribution in [0.5, 0.6) is 0 Å². The van der Waals surface area contributed by atoms with E-state index in [4.69, 9.17) is 5.73 Å². The summed E-state index contributed by atoms with van der Waals surface area (Å²) in [4.78, 5) is 10.6. The fourth-order valence-corrected chi connectivity index (χ4v) is 2.15. The summed E-state index contributed by atoms with van der Waals surface area (Å²) in [5.41, 5.74) is 5.47. The Labute approximate surface area is 82.2 Å². The normalized spacial score (nSPS) is 26.4. The largest absolute Gasteiger partial charge is 0.452 e. The number of amides is 1. The minimum Gasteiger partial charge on any atom is -0.452 e. The molecule has 0 aromatic rings. The molecule has 4 N–H and O–H groups in total. The molecule has 82 valence electrons. The van der Waals surface area contributed by atoms with Crippen LogP contribution in [0, 0.1) is 0 Å². The van der Waals surface area contributed by atoms with Crippen molar-refractivity contribution in [2.45, 2.75) is 24.9 Å². The molecule has 8 heteroatoms. The number of rotatable bonds is 3. The van der Waals surface area contributed by atoms with Crippen molar-refractivity contribution in [2.75, 3.05) is 7.11 Å². The number of hydrogen-bond acceptors (Lipinski definition) is 5. The van der Waals surface area contributed by atoms with Crippen LogP contribution in [0.2, 0.25) is 0 Å². The lowest BCUT2D eigenvalue weighted by Gasteiger charge is -2.32. The van der Waals surface area contributed by atoms with Crippen LogP contribution < -0.4 is 15.2 Å². The topological polar surface area (TPSA) is 111 Å². The van der Waals surface area contributed by atoms with Gasteiger partial charge < -0.3 is 10.5 Å². The number of nitrogens with two attached hydrogens (primary N) is 1. The first-order valence-electron chi connectivity index (χ1n) is 4.06. The van der Waals surface area contributed by atoms with Gasteiger partial charge in [-0.3, -0.25) is 0 Å². The van der Waals surface area contributed by atoms with Gasteiger partial charge >= 0.3 is 16.3 Å². The highest BCUT2D eigenvalue weighted by Crippen LogP contribution is 2.17. The summed E-state index contributed by atoms with van der Waals surface area (Å²) in [5.74, 6) is 0. The van der Waals surface area contributed by atoms with Gasteiger partial charge in [0.1, 0.15) is 0 Å². The summed E-state index contributed by atoms with van der Waals surface area (Å²) >= 11 is 0. The molecule has 0 spiro atoms. The molecule has 0 aromatic heterocycles. The molecule has 1 rings (SSSR count). The Hall–Kier alpha value is -0.860. The number of methoxy groups -OCH3 is 1. The van der Waals surface area contributed by atoms with Crippen molar-refractivity contribution in [3.63, 3.8) is 0 Å². The van der Waals surface area contributed by atoms with E-state index in [9.17, 15) is 13.2 Å². The van der Waals surface area contributed by atoms with E-state index in [1.165, 1.54) is 0 Å². The number of carbonyl (C=O) groups excluding carboxylic acids is 1. The van der Waals surface area contributed by atoms with Crippen molar-refractivity contribution in [1.29, 1.82) is 0 Å². The Morgan fingerprint density at radius 3 is 2.50 bits per heavy atom. The van der Waals surface area contributed by atoms with E-state index >= 15 is 0 Å². The van der Waals surface area contributed by atoms with Crippen LogP contribution >= 0.6 is 0 Å². The first-order valence-corrected chi connectivity index (χ1v) is 5.55. The molecule has 1 saturated carbocycles. The Kier molecular flexibility index (Phi) is 3.29. The van der Waals surface area contributed by atoms with Crippen molar-refractivity contribution in [2.24, 2.45) is 5.73 Å². The van der Waals surface area contributed by atoms with Crippen LogP contribution in [0.1, 0.15) is 12.8 Å². The van der Waals surface area contributed by atoms with Gasteiger partial charge in [0.25, 0.3) is 0 Å². The third-order valence-electron chi connectivity index (χ3n) is 1.90. The molecule has 0 aromatic carbocycles. The Bertz CT molecular complexity index is 309. The molecule has 0 atom stereocenters. The second-order valence-corrected chi connectivity index (χ2v) is 4.59. The molecule has 1 fully saturated rings. The van der Waals surface area contributed by atoms with Crippen LogP contribution in [0.15, 0.2) is 0 Å². The zero-order chi connectivity index (χ0) is 10.8. The molecule has 14 heavy (non-hydrogen) atoms. The Morgan fingerprint density at radius 1 is 1.50 bits per heavy atom. The molecule has 1 aliphatic carbocycles. The first-order chi connectivity index (χ1) is 6.43. The van der Waals surface area contributed by atoms with Crippen LogP contribution in [0.4, 0.5) is 4.79 Å². The molecule has 0 saturated heterocycles. The van der Waals surface area contributed by atoms with Crippen molar-refractivity contribution >= 4 is 16.3 Å². The highest BCUT2D eigenvalue weighted by Gasteiger charge is 2.30. The quantitative estimate of drug-likeness (QED) is 0.549. The van der Waals surface area contributed by atoms with Crippen LogP contribution in [0.3, 0.4) is 0 Å². The standard InChI is InChI=1S/C6H13N3O4S/c1-13-6(10)9-14(11,12)8-5-2-4(7)3-5/h4-5,8H,2-3,7H2,1H3,(H,9,10). The summed E-state index contributed by atoms with van der Waals surface area (Å²) < 4.78 is 30.4. The van der Waals surface area contributed by atoms with Crippen molar-refractivity contribution < 1.29 is 17.9 Å². The van der Waals surface area contributed by atoms with Crippen molar-refractivity contribution in [3.05, 3.63) is 0 Å². The van der Waals surface area contributed by atoms with Gasteiger partial charge in [-0.25, -0.2) is 9.52 Å². The average Bonchev–Trinajstić information content (AvgIpc) is 2.00. The number of hydrogen-bond donors (Lipinski definition) is 3. The van der Waals surface area contributed by atoms with E-state index in [0.29, 0.717) is 12.8 Å². The summed E-state index contributed by atoms with van der Waals surface area (Å²) in [6.45, 7) is 0. The summed E-state index contributed by atoms with van der Waals surface area (Å²) in [5, 5.41) is 0. The fraction of sp³-hybridized carbons (Fsp3) is 0.833. The molecule has 7 nitrogen and oxygen atoms in total. The van der Waals surface area contributed by atoms with E-state index in [0.717, 1.165) is 7.11 Å². The van der Waals surface area contributed by atoms with E-state index in [-0.39, 0.29) is 12.1 Å². The molecular formula is C6H13N3O4S. The van der Waals surface area contributed by atoms with Crippen molar-refractivity contribution in [1.82, 2.24) is 9.44 Å². The molecular weight excluding hydrogens is 210 g/mol. The number of nitrogens with one attached hydrogen (secondary N) is 2. The van der Waals surface area contributed by atoms with Gasteiger partial charge in [-0.15, -0.1) is 0 Å². The van der Waals surface area contributed by atoms with Gasteiger partial charge in [-0.2, -0.15) is 13.1 Å². The van der Waals surface area contributed by atoms with Crippen LogP contribution in [0.25, 0.3) is 0 Å². The third-order valence-corrected chi connectivity index (χ3v) is 2.98. The minimum absolute atomic E-state index is 0.0424. The lowest BCUT2D eigenvalue weighted by molar-refractivity contribution is 0.177. The SMILES string of the molecule is COC(=O)NS(=O)(=O)NC1CC(N)C1. The highest BCUT2D eigenvalue weighted by atomic mass is 32.2. The maximum atomic E-state index is 11.1. The lowest BCUT2D eigenvalue weighted by Crippen LogP contribution is -2.53. The first kappa shape index (κ1) is 11.2. The second kappa shape index (κ2) is 4.11. The van der Waals surface area contributed by atoms with E-state index in [2.05, 4.69) is 9.46 Å². The van der Waals surface area contributed by atoms with Gasteiger partial charge in [-0.05, 0) is 12.8 Å². The van der Waals surface area contributed by atoms with Crippen LogP contribution in [-0.2, 0) is 14.9 Å². The Morgan fingerprint density at radius 2 is 2.07 bits per heavy atom. The third kappa shape index (κ3) is 3.13. The number of carbonyl (C=O) groups is 1. The van der Waals surface area contributed by atoms with Gasteiger partial charge in [-0.1, -0.05) is 0 Å². The zero-order valence-electron chi connectivity index (χ0n) is 7.69. The van der Waals surface area contributed by atoms with E-state index < -0.39 is 16.3 Å². The van der Waals surface area contributed by atoms with Gasteiger partial charge in [0.15, 0.2) is 0 Å². The Balaban J connectivity index is 2.38. The predicted molar refractivity (Wildman–Crippen MR) is 48.6 cm³/mol. The predicted octanol–water partition coefficient (Wildman–Crippen LogP) is -1.33. The number of ether oxygens (including phenoxy) is 1. The molecule has 0 aliphatic heterocycles. The fourth-order valence-electron chi connectivity index (χ4n) is 1.16. The smallest absolute Gasteiger partial charge is 0.421 e. The summed E-state index contributed by atoms with van der Waals surface area (Å²) in [6.07, 6.45) is 0.158. The molecule has 0 heterocycles. The summed E-state index contributed by atoms with van der Waals surface area (Å²) in [7, 11) is -2.72. The molecule has 0 unspecified atom stereocenters. The van der Waals surface area contributed by atoms with Crippen LogP contribution in [-0.4, -0.2) is 33.7 Å². The molecule has 0 bridgehead atoms. The molecule has 1 aliphatic rings. The maximum absolute atomic E-state index is 11.1. The van der Waals surface area contributed by atoms with Gasteiger partial charge in [0.2, 0.25) is 0 Å². The van der Waals surface area contributed by atoms with Gasteiger partial charge in [0.05, 0.1) is 7.11 Å². The average molecular weight is 223 g/mol. The molecule has 0 radical (unpaired) electrons. The van der Waals surface area contributed by atoms with E-state index in [1.807, 2.05) is 0 Å².